The van der Waals surface area contributed by atoms with Crippen molar-refractivity contribution in [1.82, 2.24) is 4.90 Å². The third-order valence-electron chi connectivity index (χ3n) is 2.56. The van der Waals surface area contributed by atoms with Crippen LogP contribution in [-0.4, -0.2) is 49.3 Å². The van der Waals surface area contributed by atoms with Crippen LogP contribution in [0, 0.1) is 5.92 Å². The van der Waals surface area contributed by atoms with Gasteiger partial charge in [-0.15, -0.1) is 0 Å². The van der Waals surface area contributed by atoms with Crippen molar-refractivity contribution in [3.8, 4) is 0 Å². The average molecular weight is 187 g/mol. The maximum absolute atomic E-state index is 10.6. The first kappa shape index (κ1) is 10.5. The highest BCUT2D eigenvalue weighted by molar-refractivity contribution is 5.67. The summed E-state index contributed by atoms with van der Waals surface area (Å²) in [5, 5.41) is 8.73. The number of aliphatic carboxylic acids is 1. The summed E-state index contributed by atoms with van der Waals surface area (Å²) in [5.74, 6) is -0.350. The monoisotopic (exact) mass is 187 g/mol. The number of ether oxygens (including phenoxy) is 1. The third-order valence-corrected chi connectivity index (χ3v) is 2.56. The van der Waals surface area contributed by atoms with Crippen LogP contribution in [0.2, 0.25) is 0 Å². The third kappa shape index (κ3) is 2.97. The second kappa shape index (κ2) is 4.58. The summed E-state index contributed by atoms with van der Waals surface area (Å²) in [6.45, 7) is 1.48. The molecule has 0 saturated carbocycles. The molecule has 2 unspecified atom stereocenters. The first-order valence-corrected chi connectivity index (χ1v) is 4.57. The number of carbonyl (C=O) groups is 1. The fourth-order valence-corrected chi connectivity index (χ4v) is 1.81. The predicted octanol–water partition coefficient (Wildman–Crippen LogP) is 0.428. The van der Waals surface area contributed by atoms with Crippen LogP contribution in [0.3, 0.4) is 0 Å². The van der Waals surface area contributed by atoms with Gasteiger partial charge in [-0.2, -0.15) is 0 Å². The smallest absolute Gasteiger partial charge is 0.304 e. The Kier molecular flexibility index (Phi) is 3.69. The Balaban J connectivity index is 2.50. The van der Waals surface area contributed by atoms with Crippen molar-refractivity contribution in [3.05, 3.63) is 0 Å². The highest BCUT2D eigenvalue weighted by Crippen LogP contribution is 2.21. The van der Waals surface area contributed by atoms with Crippen molar-refractivity contribution in [2.45, 2.75) is 18.9 Å². The van der Waals surface area contributed by atoms with Crippen LogP contribution in [0.4, 0.5) is 0 Å². The van der Waals surface area contributed by atoms with Crippen molar-refractivity contribution in [3.63, 3.8) is 0 Å². The van der Waals surface area contributed by atoms with Gasteiger partial charge in [-0.3, -0.25) is 4.79 Å². The van der Waals surface area contributed by atoms with E-state index in [1.54, 1.807) is 0 Å². The lowest BCUT2D eigenvalue weighted by molar-refractivity contribution is -0.138. The minimum atomic E-state index is -0.731. The molecule has 1 rings (SSSR count). The number of hydrogen-bond acceptors (Lipinski definition) is 3. The minimum absolute atomic E-state index is 0.111. The van der Waals surface area contributed by atoms with E-state index in [4.69, 9.17) is 9.84 Å². The molecule has 2 atom stereocenters. The zero-order chi connectivity index (χ0) is 9.84. The van der Waals surface area contributed by atoms with E-state index in [2.05, 4.69) is 0 Å². The second-order valence-electron chi connectivity index (χ2n) is 3.75. The van der Waals surface area contributed by atoms with Crippen molar-refractivity contribution in [2.75, 3.05) is 27.3 Å². The molecule has 0 bridgehead atoms. The van der Waals surface area contributed by atoms with Crippen molar-refractivity contribution in [2.24, 2.45) is 5.92 Å². The first-order valence-electron chi connectivity index (χ1n) is 4.57. The zero-order valence-electron chi connectivity index (χ0n) is 8.19. The summed E-state index contributed by atoms with van der Waals surface area (Å²) in [5.41, 5.74) is 0. The van der Waals surface area contributed by atoms with Crippen LogP contribution in [0.1, 0.15) is 12.8 Å². The first-order chi connectivity index (χ1) is 6.11. The molecule has 4 nitrogen and oxygen atoms in total. The number of carboxylic acid groups (broad SMARTS) is 1. The predicted molar refractivity (Wildman–Crippen MR) is 48.7 cm³/mol. The molecule has 0 aromatic heterocycles. The molecule has 4 heteroatoms. The summed E-state index contributed by atoms with van der Waals surface area (Å²) in [6, 6.07) is 0.111. The van der Waals surface area contributed by atoms with Gasteiger partial charge in [0.15, 0.2) is 0 Å². The van der Waals surface area contributed by atoms with Crippen LogP contribution >= 0.6 is 0 Å². The minimum Gasteiger partial charge on any atom is -0.481 e. The van der Waals surface area contributed by atoms with Gasteiger partial charge in [-0.05, 0) is 20.5 Å². The van der Waals surface area contributed by atoms with E-state index in [9.17, 15) is 4.79 Å². The topological polar surface area (TPSA) is 49.8 Å². The lowest BCUT2D eigenvalue weighted by Crippen LogP contribution is -2.37. The normalized spacial score (nSPS) is 25.0. The molecule has 0 aromatic carbocycles. The van der Waals surface area contributed by atoms with Crippen LogP contribution < -0.4 is 0 Å². The van der Waals surface area contributed by atoms with Gasteiger partial charge in [-0.1, -0.05) is 0 Å². The number of carboxylic acids is 1. The van der Waals surface area contributed by atoms with Crippen molar-refractivity contribution >= 4 is 5.97 Å². The molecule has 0 aliphatic carbocycles. The van der Waals surface area contributed by atoms with E-state index in [1.807, 2.05) is 19.0 Å². The molecule has 76 valence electrons. The van der Waals surface area contributed by atoms with E-state index in [0.29, 0.717) is 12.5 Å². The fraction of sp³-hybridized carbons (Fsp3) is 0.889. The zero-order valence-corrected chi connectivity index (χ0v) is 8.19. The van der Waals surface area contributed by atoms with Crippen LogP contribution in [0.5, 0.6) is 0 Å². The Morgan fingerprint density at radius 2 is 2.38 bits per heavy atom. The fourth-order valence-electron chi connectivity index (χ4n) is 1.81. The molecule has 1 aliphatic heterocycles. The highest BCUT2D eigenvalue weighted by Gasteiger charge is 2.28. The van der Waals surface area contributed by atoms with E-state index in [1.165, 1.54) is 0 Å². The molecular weight excluding hydrogens is 170 g/mol. The van der Waals surface area contributed by atoms with Gasteiger partial charge < -0.3 is 14.7 Å². The molecule has 1 saturated heterocycles. The number of hydrogen-bond donors (Lipinski definition) is 1. The Labute approximate surface area is 78.5 Å². The van der Waals surface area contributed by atoms with Gasteiger partial charge in [-0.25, -0.2) is 0 Å². The summed E-state index contributed by atoms with van der Waals surface area (Å²) < 4.78 is 5.25. The molecule has 0 radical (unpaired) electrons. The molecule has 1 fully saturated rings. The Bertz CT molecular complexity index is 176. The van der Waals surface area contributed by atoms with Crippen molar-refractivity contribution in [1.29, 1.82) is 0 Å². The Morgan fingerprint density at radius 1 is 1.69 bits per heavy atom. The molecule has 0 amide bonds. The SMILES string of the molecule is CN(C)C(CC(=O)O)C1CCOC1. The van der Waals surface area contributed by atoms with Gasteiger partial charge in [0.05, 0.1) is 13.0 Å². The Morgan fingerprint density at radius 3 is 2.77 bits per heavy atom. The molecule has 0 aromatic rings. The van der Waals surface area contributed by atoms with Crippen LogP contribution in [-0.2, 0) is 9.53 Å². The maximum Gasteiger partial charge on any atom is 0.304 e. The molecule has 0 spiro atoms. The van der Waals surface area contributed by atoms with Gasteiger partial charge >= 0.3 is 5.97 Å². The van der Waals surface area contributed by atoms with Gasteiger partial charge in [0.1, 0.15) is 0 Å². The van der Waals surface area contributed by atoms with E-state index >= 15 is 0 Å². The summed E-state index contributed by atoms with van der Waals surface area (Å²) in [7, 11) is 3.85. The largest absolute Gasteiger partial charge is 0.481 e. The van der Waals surface area contributed by atoms with Gasteiger partial charge in [0, 0.05) is 18.6 Å². The quantitative estimate of drug-likeness (QED) is 0.693. The van der Waals surface area contributed by atoms with Crippen molar-refractivity contribution < 1.29 is 14.6 Å². The summed E-state index contributed by atoms with van der Waals surface area (Å²) >= 11 is 0. The lowest BCUT2D eigenvalue weighted by Gasteiger charge is -2.27. The average Bonchev–Trinajstić information content (AvgIpc) is 2.50. The number of rotatable bonds is 4. The van der Waals surface area contributed by atoms with Gasteiger partial charge in [0.25, 0.3) is 0 Å². The standard InChI is InChI=1S/C9H17NO3/c1-10(2)8(5-9(11)12)7-3-4-13-6-7/h7-8H,3-6H2,1-2H3,(H,11,12). The summed E-state index contributed by atoms with van der Waals surface area (Å²) in [4.78, 5) is 12.6. The van der Waals surface area contributed by atoms with E-state index in [-0.39, 0.29) is 12.5 Å². The van der Waals surface area contributed by atoms with Gasteiger partial charge in [0.2, 0.25) is 0 Å². The Hall–Kier alpha value is -0.610. The summed E-state index contributed by atoms with van der Waals surface area (Å²) in [6.07, 6.45) is 1.19. The second-order valence-corrected chi connectivity index (χ2v) is 3.75. The highest BCUT2D eigenvalue weighted by atomic mass is 16.5. The van der Waals surface area contributed by atoms with E-state index < -0.39 is 5.97 Å². The molecule has 1 heterocycles. The molecule has 1 N–H and O–H groups in total. The maximum atomic E-state index is 10.6. The van der Waals surface area contributed by atoms with Crippen LogP contribution in [0.25, 0.3) is 0 Å². The van der Waals surface area contributed by atoms with Crippen LogP contribution in [0.15, 0.2) is 0 Å². The van der Waals surface area contributed by atoms with E-state index in [0.717, 1.165) is 13.0 Å². The molecule has 1 aliphatic rings. The molecule has 13 heavy (non-hydrogen) atoms. The lowest BCUT2D eigenvalue weighted by atomic mass is 9.95. The molecular formula is C9H17NO3. The number of nitrogens with zero attached hydrogens (tertiary/aromatic N) is 1.